The molecule has 14 N–H and O–H groups in total. The predicted octanol–water partition coefficient (Wildman–Crippen LogP) is -9.28. The molecule has 4 fully saturated rings. The van der Waals surface area contributed by atoms with Crippen LogP contribution < -0.4 is 10.6 Å². The topological polar surface area (TPSA) is 400 Å². The fraction of sp³-hybridized carbons (Fsp3) is 0.857. The first-order valence-electron chi connectivity index (χ1n) is 16.1. The molecule has 0 aromatic carbocycles. The molecule has 304 valence electrons. The molecule has 0 aromatic rings. The molecule has 4 aliphatic heterocycles. The molecule has 0 spiro atoms. The van der Waals surface area contributed by atoms with E-state index in [0.717, 1.165) is 13.8 Å². The Labute approximate surface area is 298 Å². The number of nitrogens with one attached hydrogen (secondary N) is 2. The molecule has 25 nitrogen and oxygen atoms in total. The van der Waals surface area contributed by atoms with Crippen LogP contribution in [-0.4, -0.2) is 221 Å². The summed E-state index contributed by atoms with van der Waals surface area (Å²) in [6.45, 7) is 0.0604. The number of carbonyl (C=O) groups is 4. The Morgan fingerprint density at radius 3 is 1.43 bits per heavy atom. The molecule has 53 heavy (non-hydrogen) atoms. The van der Waals surface area contributed by atoms with Gasteiger partial charge in [-0.3, -0.25) is 9.59 Å². The zero-order chi connectivity index (χ0) is 39.6. The van der Waals surface area contributed by atoms with Crippen molar-refractivity contribution in [2.24, 2.45) is 0 Å². The van der Waals surface area contributed by atoms with E-state index in [1.807, 2.05) is 0 Å². The minimum atomic E-state index is -2.27. The summed E-state index contributed by atoms with van der Waals surface area (Å²) in [6, 6.07) is -3.34. The summed E-state index contributed by atoms with van der Waals surface area (Å²) in [5.74, 6) is -5.19. The van der Waals surface area contributed by atoms with Gasteiger partial charge in [0.2, 0.25) is 11.8 Å². The summed E-state index contributed by atoms with van der Waals surface area (Å²) in [6.07, 6.45) is -36.3. The number of aliphatic carboxylic acids is 2. The summed E-state index contributed by atoms with van der Waals surface area (Å²) in [5.41, 5.74) is 0. The first kappa shape index (κ1) is 42.9. The smallest absolute Gasteiger partial charge is 0.335 e. The average molecular weight is 777 g/mol. The molecule has 0 aliphatic carbocycles. The Balaban J connectivity index is 1.60. The van der Waals surface area contributed by atoms with Gasteiger partial charge < -0.3 is 105 Å². The monoisotopic (exact) mass is 776 g/mol. The maximum Gasteiger partial charge on any atom is 0.335 e. The van der Waals surface area contributed by atoms with Crippen LogP contribution >= 0.6 is 0 Å². The second-order valence-electron chi connectivity index (χ2n) is 12.7. The Morgan fingerprint density at radius 2 is 0.943 bits per heavy atom. The molecule has 2 amide bonds. The molecule has 0 bridgehead atoms. The van der Waals surface area contributed by atoms with E-state index in [0.29, 0.717) is 0 Å². The van der Waals surface area contributed by atoms with Gasteiger partial charge in [0.15, 0.2) is 37.4 Å². The van der Waals surface area contributed by atoms with Gasteiger partial charge in [-0.05, 0) is 0 Å². The molecule has 20 atom stereocenters. The maximum atomic E-state index is 12.2. The molecular weight excluding hydrogens is 732 g/mol. The second kappa shape index (κ2) is 17.8. The van der Waals surface area contributed by atoms with Crippen LogP contribution in [0.25, 0.3) is 0 Å². The van der Waals surface area contributed by atoms with E-state index in [1.165, 1.54) is 0 Å². The van der Waals surface area contributed by atoms with Crippen molar-refractivity contribution >= 4 is 23.8 Å². The van der Waals surface area contributed by atoms with Crippen LogP contribution in [0, 0.1) is 0 Å². The third kappa shape index (κ3) is 9.19. The van der Waals surface area contributed by atoms with Gasteiger partial charge in [-0.1, -0.05) is 0 Å². The lowest BCUT2D eigenvalue weighted by molar-refractivity contribution is -0.372. The number of hydrogen-bond donors (Lipinski definition) is 14. The zero-order valence-corrected chi connectivity index (χ0v) is 27.8. The van der Waals surface area contributed by atoms with E-state index in [1.54, 1.807) is 0 Å². The third-order valence-electron chi connectivity index (χ3n) is 8.94. The van der Waals surface area contributed by atoms with Gasteiger partial charge >= 0.3 is 11.9 Å². The first-order valence-corrected chi connectivity index (χ1v) is 16.1. The highest BCUT2D eigenvalue weighted by molar-refractivity contribution is 5.74. The highest BCUT2D eigenvalue weighted by atomic mass is 16.8. The SMILES string of the molecule is CC(=O)N[C@H]1[C@H](O[C@@H]2[C@@H](O)[C@H](O[C@H]3[C@H](O)[C@@H](NC(C)=O)C(O)O[C@@H]3CO)O[C@H](C(=O)O)[C@H]2O)O[C@H](CO)[C@@H](O[C@@H]2O[C@H](C(=O)O)[C@@H](O)[C@H](O)[C@H]2O)[C@@H]1O. The summed E-state index contributed by atoms with van der Waals surface area (Å²) in [7, 11) is 0. The van der Waals surface area contributed by atoms with E-state index >= 15 is 0 Å². The number of carbonyl (C=O) groups excluding carboxylic acids is 2. The lowest BCUT2D eigenvalue weighted by atomic mass is 9.94. The number of hydrogen-bond acceptors (Lipinski definition) is 21. The number of rotatable bonds is 12. The third-order valence-corrected chi connectivity index (χ3v) is 8.94. The van der Waals surface area contributed by atoms with E-state index < -0.39 is 160 Å². The number of ether oxygens (including phenoxy) is 7. The molecule has 0 aromatic heterocycles. The Bertz CT molecular complexity index is 1300. The van der Waals surface area contributed by atoms with Gasteiger partial charge in [0, 0.05) is 13.8 Å². The van der Waals surface area contributed by atoms with Gasteiger partial charge in [-0.25, -0.2) is 9.59 Å². The molecule has 0 saturated carbocycles. The van der Waals surface area contributed by atoms with Crippen molar-refractivity contribution in [3.05, 3.63) is 0 Å². The molecule has 4 rings (SSSR count). The fourth-order valence-electron chi connectivity index (χ4n) is 6.32. The number of amides is 2. The molecule has 25 heteroatoms. The van der Waals surface area contributed by atoms with Crippen molar-refractivity contribution in [1.29, 1.82) is 0 Å². The average Bonchev–Trinajstić information content (AvgIpc) is 3.08. The van der Waals surface area contributed by atoms with E-state index in [2.05, 4.69) is 10.6 Å². The van der Waals surface area contributed by atoms with Crippen LogP contribution in [0.5, 0.6) is 0 Å². The molecule has 1 unspecified atom stereocenters. The van der Waals surface area contributed by atoms with Crippen LogP contribution in [0.3, 0.4) is 0 Å². The van der Waals surface area contributed by atoms with Gasteiger partial charge in [0.05, 0.1) is 13.2 Å². The molecule has 4 heterocycles. The molecule has 4 aliphatic rings. The minimum Gasteiger partial charge on any atom is -0.479 e. The summed E-state index contributed by atoms with van der Waals surface area (Å²) in [5, 5.41) is 129. The first-order chi connectivity index (χ1) is 24.8. The normalized spacial score (nSPS) is 46.3. The van der Waals surface area contributed by atoms with E-state index in [-0.39, 0.29) is 0 Å². The van der Waals surface area contributed by atoms with Crippen molar-refractivity contribution in [2.45, 2.75) is 137 Å². The quantitative estimate of drug-likeness (QED) is 0.0875. The van der Waals surface area contributed by atoms with Crippen LogP contribution in [0.2, 0.25) is 0 Å². The number of aliphatic hydroxyl groups excluding tert-OH is 10. The van der Waals surface area contributed by atoms with Crippen LogP contribution in [-0.2, 0) is 52.3 Å². The lowest BCUT2D eigenvalue weighted by Gasteiger charge is -2.49. The van der Waals surface area contributed by atoms with Gasteiger partial charge in [0.1, 0.15) is 85.3 Å². The number of carboxylic acids is 2. The van der Waals surface area contributed by atoms with Gasteiger partial charge in [-0.15, -0.1) is 0 Å². The maximum absolute atomic E-state index is 12.2. The van der Waals surface area contributed by atoms with E-state index in [4.69, 9.17) is 33.2 Å². The van der Waals surface area contributed by atoms with Crippen molar-refractivity contribution < 1.29 is 114 Å². The highest BCUT2D eigenvalue weighted by Gasteiger charge is 2.57. The fourth-order valence-corrected chi connectivity index (χ4v) is 6.32. The summed E-state index contributed by atoms with van der Waals surface area (Å²) in [4.78, 5) is 47.5. The van der Waals surface area contributed by atoms with Crippen molar-refractivity contribution in [3.63, 3.8) is 0 Å². The summed E-state index contributed by atoms with van der Waals surface area (Å²) < 4.78 is 38.0. The van der Waals surface area contributed by atoms with Crippen LogP contribution in [0.4, 0.5) is 0 Å². The van der Waals surface area contributed by atoms with Crippen LogP contribution in [0.15, 0.2) is 0 Å². The lowest BCUT2D eigenvalue weighted by Crippen LogP contribution is -2.70. The number of carboxylic acid groups (broad SMARTS) is 2. The predicted molar refractivity (Wildman–Crippen MR) is 158 cm³/mol. The van der Waals surface area contributed by atoms with Crippen molar-refractivity contribution in [3.8, 4) is 0 Å². The molecule has 4 saturated heterocycles. The number of aliphatic hydroxyl groups is 10. The highest BCUT2D eigenvalue weighted by Crippen LogP contribution is 2.34. The van der Waals surface area contributed by atoms with Gasteiger partial charge in [0.25, 0.3) is 0 Å². The molecule has 0 radical (unpaired) electrons. The Kier molecular flexibility index (Phi) is 14.4. The van der Waals surface area contributed by atoms with Crippen molar-refractivity contribution in [2.75, 3.05) is 13.2 Å². The Morgan fingerprint density at radius 1 is 0.509 bits per heavy atom. The largest absolute Gasteiger partial charge is 0.479 e. The Hall–Kier alpha value is -2.80. The summed E-state index contributed by atoms with van der Waals surface area (Å²) >= 11 is 0. The van der Waals surface area contributed by atoms with Crippen LogP contribution in [0.1, 0.15) is 13.8 Å². The zero-order valence-electron chi connectivity index (χ0n) is 27.8. The minimum absolute atomic E-state index is 0.727. The van der Waals surface area contributed by atoms with E-state index in [9.17, 15) is 80.5 Å². The molecular formula is C28H44N2O23. The van der Waals surface area contributed by atoms with Crippen molar-refractivity contribution in [1.82, 2.24) is 10.6 Å². The standard InChI is InChI=1S/C28H44N2O23/c1-5(33)29-9-11(35)18(7(3-31)47-25(9)46)50-28-17(41)20(16(40)22(53-28)24(44)45)51-26-10(30-6(2)34)12(36)19(8(4-32)48-26)49-27-15(39)13(37)14(38)21(52-27)23(42)43/h7-22,25-28,31-32,35-41,46H,3-4H2,1-2H3,(H,29,33)(H,30,34)(H,42,43)(H,44,45)/t7-,8-,9-,10-,11-,12-,13+,14+,15-,16+,17-,18-,19-,20+,21+,22+,25?,26+,27-,28-/m1/s1. The second-order valence-corrected chi connectivity index (χ2v) is 12.7. The van der Waals surface area contributed by atoms with Gasteiger partial charge in [-0.2, -0.15) is 0 Å².